The van der Waals surface area contributed by atoms with Crippen molar-refractivity contribution in [2.24, 2.45) is 0 Å². The largest absolute Gasteiger partial charge is 0.341 e. The number of carbonyl (C=O) groups excluding carboxylic acids is 2. The van der Waals surface area contributed by atoms with Crippen molar-refractivity contribution >= 4 is 28.3 Å². The number of carbonyl (C=O) groups is 2. The van der Waals surface area contributed by atoms with Crippen molar-refractivity contribution < 1.29 is 9.59 Å². The van der Waals surface area contributed by atoms with Gasteiger partial charge in [0.2, 0.25) is 5.91 Å². The van der Waals surface area contributed by atoms with Crippen LogP contribution in [0.2, 0.25) is 0 Å². The van der Waals surface area contributed by atoms with Crippen molar-refractivity contribution in [3.8, 4) is 0 Å². The second-order valence-electron chi connectivity index (χ2n) is 6.77. The molecule has 0 unspecified atom stereocenters. The van der Waals surface area contributed by atoms with Gasteiger partial charge in [-0.1, -0.05) is 37.3 Å². The molecule has 2 amide bonds. The van der Waals surface area contributed by atoms with Crippen LogP contribution < -0.4 is 10.9 Å². The number of nitrogens with zero attached hydrogens (tertiary/aromatic N) is 3. The van der Waals surface area contributed by atoms with Crippen LogP contribution in [0.4, 0.5) is 5.13 Å². The lowest BCUT2D eigenvalue weighted by molar-refractivity contribution is -0.116. The van der Waals surface area contributed by atoms with Gasteiger partial charge in [0.15, 0.2) is 5.13 Å². The highest BCUT2D eigenvalue weighted by Gasteiger charge is 2.17. The molecular formula is C21H22N4O3S. The molecule has 0 aliphatic carbocycles. The van der Waals surface area contributed by atoms with E-state index in [-0.39, 0.29) is 29.8 Å². The SMILES string of the molecule is C[C@H](CN(C)C(=O)c1ccc(=O)n(CC(=O)Nc2nccs2)c1)c1ccccc1. The standard InChI is InChI=1S/C21H22N4O3S/c1-15(16-6-4-3-5-7-16)12-24(2)20(28)17-8-9-19(27)25(13-17)14-18(26)23-21-22-10-11-29-21/h3-11,13,15H,12,14H2,1-2H3,(H,22,23,26)/t15-/m1/s1. The van der Waals surface area contributed by atoms with Gasteiger partial charge < -0.3 is 14.8 Å². The maximum Gasteiger partial charge on any atom is 0.255 e. The molecule has 2 heterocycles. The van der Waals surface area contributed by atoms with E-state index in [1.165, 1.54) is 34.2 Å². The van der Waals surface area contributed by atoms with E-state index in [0.29, 0.717) is 17.2 Å². The number of hydrogen-bond donors (Lipinski definition) is 1. The van der Waals surface area contributed by atoms with Crippen LogP contribution in [0.15, 0.2) is 65.0 Å². The molecule has 3 rings (SSSR count). The zero-order chi connectivity index (χ0) is 20.8. The molecule has 0 aliphatic rings. The van der Waals surface area contributed by atoms with E-state index in [2.05, 4.69) is 17.2 Å². The Morgan fingerprint density at radius 3 is 2.66 bits per heavy atom. The fourth-order valence-corrected chi connectivity index (χ4v) is 3.53. The monoisotopic (exact) mass is 410 g/mol. The molecule has 0 saturated carbocycles. The molecule has 0 aliphatic heterocycles. The summed E-state index contributed by atoms with van der Waals surface area (Å²) >= 11 is 1.29. The van der Waals surface area contributed by atoms with Crippen LogP contribution in [0.25, 0.3) is 0 Å². The van der Waals surface area contributed by atoms with Crippen LogP contribution in [-0.4, -0.2) is 39.9 Å². The molecule has 0 radical (unpaired) electrons. The zero-order valence-electron chi connectivity index (χ0n) is 16.2. The van der Waals surface area contributed by atoms with Crippen LogP contribution in [0.1, 0.15) is 28.8 Å². The van der Waals surface area contributed by atoms with Gasteiger partial charge in [0.05, 0.1) is 5.56 Å². The van der Waals surface area contributed by atoms with Gasteiger partial charge in [0, 0.05) is 37.4 Å². The number of pyridine rings is 1. The Morgan fingerprint density at radius 2 is 1.97 bits per heavy atom. The Kier molecular flexibility index (Phi) is 6.56. The average molecular weight is 410 g/mol. The zero-order valence-corrected chi connectivity index (χ0v) is 17.1. The van der Waals surface area contributed by atoms with Crippen LogP contribution in [0, 0.1) is 0 Å². The number of likely N-dealkylation sites (N-methyl/N-ethyl adjacent to an activating group) is 1. The van der Waals surface area contributed by atoms with Gasteiger partial charge in [-0.3, -0.25) is 14.4 Å². The number of amides is 2. The molecule has 1 N–H and O–H groups in total. The third-order valence-corrected chi connectivity index (χ3v) is 5.17. The first kappa shape index (κ1) is 20.5. The predicted molar refractivity (Wildman–Crippen MR) is 113 cm³/mol. The number of benzene rings is 1. The predicted octanol–water partition coefficient (Wildman–Crippen LogP) is 2.82. The number of anilines is 1. The summed E-state index contributed by atoms with van der Waals surface area (Å²) in [5.41, 5.74) is 1.15. The van der Waals surface area contributed by atoms with Crippen molar-refractivity contribution in [1.29, 1.82) is 0 Å². The number of thiazole rings is 1. The molecule has 150 valence electrons. The van der Waals surface area contributed by atoms with Gasteiger partial charge in [-0.25, -0.2) is 4.98 Å². The Balaban J connectivity index is 1.68. The smallest absolute Gasteiger partial charge is 0.255 e. The maximum absolute atomic E-state index is 12.8. The molecule has 0 bridgehead atoms. The minimum Gasteiger partial charge on any atom is -0.341 e. The van der Waals surface area contributed by atoms with Crippen molar-refractivity contribution in [2.75, 3.05) is 18.9 Å². The highest BCUT2D eigenvalue weighted by atomic mass is 32.1. The van der Waals surface area contributed by atoms with Crippen molar-refractivity contribution in [3.63, 3.8) is 0 Å². The van der Waals surface area contributed by atoms with Gasteiger partial charge >= 0.3 is 0 Å². The van der Waals surface area contributed by atoms with E-state index in [1.54, 1.807) is 23.5 Å². The lowest BCUT2D eigenvalue weighted by Gasteiger charge is -2.22. The van der Waals surface area contributed by atoms with E-state index in [1.807, 2.05) is 30.3 Å². The Morgan fingerprint density at radius 1 is 1.21 bits per heavy atom. The number of aromatic nitrogens is 2. The van der Waals surface area contributed by atoms with Gasteiger partial charge in [0.1, 0.15) is 6.54 Å². The normalized spacial score (nSPS) is 11.7. The highest BCUT2D eigenvalue weighted by Crippen LogP contribution is 2.16. The first-order chi connectivity index (χ1) is 13.9. The fourth-order valence-electron chi connectivity index (χ4n) is 2.98. The Hall–Kier alpha value is -3.26. The lowest BCUT2D eigenvalue weighted by atomic mass is 10.0. The van der Waals surface area contributed by atoms with E-state index in [0.717, 1.165) is 5.56 Å². The summed E-state index contributed by atoms with van der Waals surface area (Å²) < 4.78 is 1.23. The molecule has 2 aromatic heterocycles. The molecule has 8 heteroatoms. The van der Waals surface area contributed by atoms with E-state index >= 15 is 0 Å². The van der Waals surface area contributed by atoms with E-state index in [4.69, 9.17) is 0 Å². The second kappa shape index (κ2) is 9.29. The number of rotatable bonds is 7. The molecule has 0 spiro atoms. The highest BCUT2D eigenvalue weighted by molar-refractivity contribution is 7.13. The van der Waals surface area contributed by atoms with E-state index < -0.39 is 0 Å². The second-order valence-corrected chi connectivity index (χ2v) is 7.66. The minimum atomic E-state index is -0.377. The lowest BCUT2D eigenvalue weighted by Crippen LogP contribution is -2.32. The van der Waals surface area contributed by atoms with Crippen LogP contribution >= 0.6 is 11.3 Å². The molecule has 7 nitrogen and oxygen atoms in total. The summed E-state index contributed by atoms with van der Waals surface area (Å²) in [4.78, 5) is 42.7. The topological polar surface area (TPSA) is 84.3 Å². The van der Waals surface area contributed by atoms with Crippen LogP contribution in [-0.2, 0) is 11.3 Å². The molecule has 29 heavy (non-hydrogen) atoms. The van der Waals surface area contributed by atoms with Gasteiger partial charge in [-0.2, -0.15) is 0 Å². The quantitative estimate of drug-likeness (QED) is 0.649. The van der Waals surface area contributed by atoms with Crippen molar-refractivity contribution in [1.82, 2.24) is 14.5 Å². The third-order valence-electron chi connectivity index (χ3n) is 4.49. The van der Waals surface area contributed by atoms with Crippen LogP contribution in [0.5, 0.6) is 0 Å². The summed E-state index contributed by atoms with van der Waals surface area (Å²) in [5, 5.41) is 4.83. The maximum atomic E-state index is 12.8. The summed E-state index contributed by atoms with van der Waals surface area (Å²) in [7, 11) is 1.73. The van der Waals surface area contributed by atoms with Crippen LogP contribution in [0.3, 0.4) is 0 Å². The average Bonchev–Trinajstić information content (AvgIpc) is 3.22. The van der Waals surface area contributed by atoms with Gasteiger partial charge in [-0.05, 0) is 17.5 Å². The fraction of sp³-hybridized carbons (Fsp3) is 0.238. The first-order valence-corrected chi connectivity index (χ1v) is 10.0. The van der Waals surface area contributed by atoms with Gasteiger partial charge in [-0.15, -0.1) is 11.3 Å². The number of nitrogens with one attached hydrogen (secondary N) is 1. The van der Waals surface area contributed by atoms with Crippen molar-refractivity contribution in [3.05, 3.63) is 81.7 Å². The first-order valence-electron chi connectivity index (χ1n) is 9.14. The molecule has 0 fully saturated rings. The summed E-state index contributed by atoms with van der Waals surface area (Å²) in [6.45, 7) is 2.40. The summed E-state index contributed by atoms with van der Waals surface area (Å²) in [6.07, 6.45) is 3.01. The molecular weight excluding hydrogens is 388 g/mol. The number of hydrogen-bond acceptors (Lipinski definition) is 5. The van der Waals surface area contributed by atoms with Gasteiger partial charge in [0.25, 0.3) is 11.5 Å². The molecule has 3 aromatic rings. The minimum absolute atomic E-state index is 0.167. The summed E-state index contributed by atoms with van der Waals surface area (Å²) in [6, 6.07) is 12.8. The molecule has 1 atom stereocenters. The third kappa shape index (κ3) is 5.39. The Labute approximate surface area is 172 Å². The van der Waals surface area contributed by atoms with E-state index in [9.17, 15) is 14.4 Å². The van der Waals surface area contributed by atoms with Crippen molar-refractivity contribution in [2.45, 2.75) is 19.4 Å². The summed E-state index contributed by atoms with van der Waals surface area (Å²) in [5.74, 6) is -0.417. The molecule has 0 saturated heterocycles. The Bertz CT molecular complexity index is 1030. The molecule has 1 aromatic carbocycles.